The molecule has 1 aromatic heterocycles. The van der Waals surface area contributed by atoms with Crippen molar-refractivity contribution in [2.75, 3.05) is 24.5 Å². The zero-order valence-corrected chi connectivity index (χ0v) is 13.3. The van der Waals surface area contributed by atoms with Crippen LogP contribution in [0.25, 0.3) is 0 Å². The average Bonchev–Trinajstić information content (AvgIpc) is 2.89. The van der Waals surface area contributed by atoms with Crippen molar-refractivity contribution in [2.24, 2.45) is 5.92 Å². The highest BCUT2D eigenvalue weighted by Crippen LogP contribution is 2.17. The Labute approximate surface area is 123 Å². The van der Waals surface area contributed by atoms with Crippen LogP contribution in [0.2, 0.25) is 0 Å². The topological polar surface area (TPSA) is 41.0 Å². The summed E-state index contributed by atoms with van der Waals surface area (Å²) in [5, 5.41) is 3.59. The highest BCUT2D eigenvalue weighted by molar-refractivity contribution is 5.40. The van der Waals surface area contributed by atoms with Crippen LogP contribution in [0.5, 0.6) is 0 Å². The molecule has 0 saturated carbocycles. The molecule has 2 rings (SSSR count). The van der Waals surface area contributed by atoms with E-state index in [1.165, 1.54) is 12.8 Å². The van der Waals surface area contributed by atoms with Gasteiger partial charge in [0, 0.05) is 30.9 Å². The van der Waals surface area contributed by atoms with Gasteiger partial charge in [-0.2, -0.15) is 0 Å². The molecule has 1 atom stereocenters. The Hall–Kier alpha value is -1.16. The van der Waals surface area contributed by atoms with E-state index in [0.717, 1.165) is 43.4 Å². The first kappa shape index (κ1) is 15.2. The van der Waals surface area contributed by atoms with Gasteiger partial charge in [0.05, 0.1) is 0 Å². The summed E-state index contributed by atoms with van der Waals surface area (Å²) < 4.78 is 0. The summed E-state index contributed by atoms with van der Waals surface area (Å²) in [7, 11) is 0. The normalized spacial score (nSPS) is 18.8. The third-order valence-corrected chi connectivity index (χ3v) is 3.75. The summed E-state index contributed by atoms with van der Waals surface area (Å²) in [6.07, 6.45) is 3.54. The van der Waals surface area contributed by atoms with Crippen molar-refractivity contribution in [1.82, 2.24) is 15.3 Å². The van der Waals surface area contributed by atoms with Gasteiger partial charge in [0.15, 0.2) is 0 Å². The fraction of sp³-hybridized carbons (Fsp3) is 0.750. The molecule has 4 heteroatoms. The van der Waals surface area contributed by atoms with Crippen molar-refractivity contribution >= 4 is 5.82 Å². The summed E-state index contributed by atoms with van der Waals surface area (Å²) in [6.45, 7) is 11.9. The predicted molar refractivity (Wildman–Crippen MR) is 84.2 cm³/mol. The molecule has 1 fully saturated rings. The maximum atomic E-state index is 4.66. The van der Waals surface area contributed by atoms with E-state index in [1.54, 1.807) is 0 Å². The molecular weight excluding hydrogens is 248 g/mol. The monoisotopic (exact) mass is 276 g/mol. The fourth-order valence-electron chi connectivity index (χ4n) is 2.84. The summed E-state index contributed by atoms with van der Waals surface area (Å²) in [4.78, 5) is 11.6. The number of rotatable bonds is 6. The smallest absolute Gasteiger partial charge is 0.132 e. The lowest BCUT2D eigenvalue weighted by Gasteiger charge is -2.29. The summed E-state index contributed by atoms with van der Waals surface area (Å²) in [5.41, 5.74) is 1.14. The maximum absolute atomic E-state index is 4.66. The van der Waals surface area contributed by atoms with Crippen molar-refractivity contribution in [3.8, 4) is 0 Å². The van der Waals surface area contributed by atoms with E-state index in [9.17, 15) is 0 Å². The molecule has 1 aliphatic heterocycles. The van der Waals surface area contributed by atoms with Gasteiger partial charge in [-0.3, -0.25) is 0 Å². The second kappa shape index (κ2) is 7.02. The predicted octanol–water partition coefficient (Wildman–Crippen LogP) is 2.56. The molecule has 20 heavy (non-hydrogen) atoms. The molecule has 4 nitrogen and oxygen atoms in total. The number of aromatic nitrogens is 2. The number of hydrogen-bond donors (Lipinski definition) is 1. The molecular formula is C16H28N4. The Bertz CT molecular complexity index is 424. The van der Waals surface area contributed by atoms with Gasteiger partial charge in [0.25, 0.3) is 0 Å². The van der Waals surface area contributed by atoms with Gasteiger partial charge in [0.1, 0.15) is 11.6 Å². The summed E-state index contributed by atoms with van der Waals surface area (Å²) in [6, 6.07) is 2.76. The van der Waals surface area contributed by atoms with Crippen molar-refractivity contribution in [2.45, 2.75) is 53.0 Å². The Morgan fingerprint density at radius 2 is 2.20 bits per heavy atom. The maximum Gasteiger partial charge on any atom is 0.132 e. The van der Waals surface area contributed by atoms with Crippen LogP contribution in [-0.2, 0) is 6.42 Å². The third-order valence-electron chi connectivity index (χ3n) is 3.75. The Kier molecular flexibility index (Phi) is 5.35. The van der Waals surface area contributed by atoms with Gasteiger partial charge in [0.2, 0.25) is 0 Å². The third kappa shape index (κ3) is 4.17. The fourth-order valence-corrected chi connectivity index (χ4v) is 2.84. The molecule has 0 aromatic carbocycles. The number of anilines is 1. The minimum Gasteiger partial charge on any atom is -0.355 e. The zero-order chi connectivity index (χ0) is 14.5. The van der Waals surface area contributed by atoms with Gasteiger partial charge in [-0.05, 0) is 38.6 Å². The summed E-state index contributed by atoms with van der Waals surface area (Å²) >= 11 is 0. The highest BCUT2D eigenvalue weighted by Gasteiger charge is 2.20. The molecule has 1 unspecified atom stereocenters. The molecule has 1 aliphatic rings. The van der Waals surface area contributed by atoms with Gasteiger partial charge < -0.3 is 10.2 Å². The molecule has 0 amide bonds. The van der Waals surface area contributed by atoms with Crippen LogP contribution in [0.4, 0.5) is 5.82 Å². The van der Waals surface area contributed by atoms with Crippen LogP contribution < -0.4 is 10.2 Å². The van der Waals surface area contributed by atoms with E-state index >= 15 is 0 Å². The second-order valence-electron chi connectivity index (χ2n) is 6.21. The van der Waals surface area contributed by atoms with Crippen LogP contribution in [0.1, 0.15) is 45.1 Å². The molecule has 1 saturated heterocycles. The molecule has 0 aliphatic carbocycles. The van der Waals surface area contributed by atoms with Crippen LogP contribution in [-0.4, -0.2) is 35.6 Å². The molecule has 0 bridgehead atoms. The van der Waals surface area contributed by atoms with Gasteiger partial charge >= 0.3 is 0 Å². The first-order valence-corrected chi connectivity index (χ1v) is 7.91. The van der Waals surface area contributed by atoms with Crippen LogP contribution >= 0.6 is 0 Å². The van der Waals surface area contributed by atoms with Crippen LogP contribution in [0.15, 0.2) is 6.07 Å². The van der Waals surface area contributed by atoms with E-state index in [-0.39, 0.29) is 0 Å². The second-order valence-corrected chi connectivity index (χ2v) is 6.21. The zero-order valence-electron chi connectivity index (χ0n) is 13.3. The first-order valence-electron chi connectivity index (χ1n) is 7.91. The average molecular weight is 276 g/mol. The van der Waals surface area contributed by atoms with Gasteiger partial charge in [-0.25, -0.2) is 9.97 Å². The van der Waals surface area contributed by atoms with E-state index < -0.39 is 0 Å². The van der Waals surface area contributed by atoms with Crippen molar-refractivity contribution in [1.29, 1.82) is 0 Å². The molecule has 0 spiro atoms. The van der Waals surface area contributed by atoms with Gasteiger partial charge in [-0.15, -0.1) is 0 Å². The largest absolute Gasteiger partial charge is 0.355 e. The SMILES string of the molecule is CCc1cc(N(CC(C)C)CC2CCCN2)nc(C)n1. The number of nitrogens with zero attached hydrogens (tertiary/aromatic N) is 3. The van der Waals surface area contributed by atoms with Crippen molar-refractivity contribution in [3.05, 3.63) is 17.6 Å². The standard InChI is InChI=1S/C16H28N4/c1-5-14-9-16(19-13(4)18-14)20(10-12(2)3)11-15-7-6-8-17-15/h9,12,15,17H,5-8,10-11H2,1-4H3. The Morgan fingerprint density at radius 3 is 2.80 bits per heavy atom. The minimum absolute atomic E-state index is 0.606. The van der Waals surface area contributed by atoms with E-state index in [2.05, 4.69) is 47.0 Å². The van der Waals surface area contributed by atoms with Crippen molar-refractivity contribution < 1.29 is 0 Å². The lowest BCUT2D eigenvalue weighted by atomic mass is 10.1. The van der Waals surface area contributed by atoms with Crippen LogP contribution in [0, 0.1) is 12.8 Å². The van der Waals surface area contributed by atoms with E-state index in [0.29, 0.717) is 12.0 Å². The molecule has 1 N–H and O–H groups in total. The number of hydrogen-bond acceptors (Lipinski definition) is 4. The number of aryl methyl sites for hydroxylation is 2. The number of nitrogens with one attached hydrogen (secondary N) is 1. The van der Waals surface area contributed by atoms with Gasteiger partial charge in [-0.1, -0.05) is 20.8 Å². The summed E-state index contributed by atoms with van der Waals surface area (Å²) in [5.74, 6) is 2.61. The molecule has 2 heterocycles. The molecule has 1 aromatic rings. The lowest BCUT2D eigenvalue weighted by molar-refractivity contribution is 0.536. The minimum atomic E-state index is 0.606. The Morgan fingerprint density at radius 1 is 1.40 bits per heavy atom. The first-order chi connectivity index (χ1) is 9.58. The highest BCUT2D eigenvalue weighted by atomic mass is 15.2. The molecule has 0 radical (unpaired) electrons. The molecule has 112 valence electrons. The van der Waals surface area contributed by atoms with Crippen molar-refractivity contribution in [3.63, 3.8) is 0 Å². The van der Waals surface area contributed by atoms with E-state index in [4.69, 9.17) is 0 Å². The Balaban J connectivity index is 2.17. The lowest BCUT2D eigenvalue weighted by Crippen LogP contribution is -2.40. The van der Waals surface area contributed by atoms with E-state index in [1.807, 2.05) is 6.92 Å². The quantitative estimate of drug-likeness (QED) is 0.867. The van der Waals surface area contributed by atoms with Crippen LogP contribution in [0.3, 0.4) is 0 Å².